The fraction of sp³-hybridized carbons (Fsp3) is 0.533. The lowest BCUT2D eigenvalue weighted by Gasteiger charge is -2.25. The summed E-state index contributed by atoms with van der Waals surface area (Å²) in [5.41, 5.74) is 0.192. The zero-order valence-corrected chi connectivity index (χ0v) is 11.2. The molecule has 1 aromatic rings. The smallest absolute Gasteiger partial charge is 0.244 e. The molecule has 5 heteroatoms. The summed E-state index contributed by atoms with van der Waals surface area (Å²) in [4.78, 5) is 14.4. The molecule has 1 amide bonds. The Kier molecular flexibility index (Phi) is 2.32. The van der Waals surface area contributed by atoms with Gasteiger partial charge in [-0.05, 0) is 42.9 Å². The Morgan fingerprint density at radius 2 is 2.00 bits per heavy atom. The summed E-state index contributed by atoms with van der Waals surface area (Å²) >= 11 is 0. The number of amides is 1. The third-order valence-electron chi connectivity index (χ3n) is 4.77. The predicted octanol–water partition coefficient (Wildman–Crippen LogP) is 2.34. The van der Waals surface area contributed by atoms with E-state index in [1.807, 2.05) is 4.90 Å². The van der Waals surface area contributed by atoms with Crippen LogP contribution in [0.3, 0.4) is 0 Å². The Bertz CT molecular complexity index is 600. The van der Waals surface area contributed by atoms with Crippen molar-refractivity contribution in [3.8, 4) is 0 Å². The lowest BCUT2D eigenvalue weighted by molar-refractivity contribution is -0.131. The van der Waals surface area contributed by atoms with Crippen LogP contribution >= 0.6 is 0 Å². The molecule has 2 saturated carbocycles. The van der Waals surface area contributed by atoms with Crippen molar-refractivity contribution in [3.63, 3.8) is 0 Å². The number of rotatable bonds is 2. The molecule has 3 aliphatic rings. The normalized spacial score (nSPS) is 33.9. The van der Waals surface area contributed by atoms with Crippen LogP contribution in [-0.4, -0.2) is 22.4 Å². The molecule has 4 rings (SSSR count). The van der Waals surface area contributed by atoms with Crippen molar-refractivity contribution in [3.05, 3.63) is 35.4 Å². The second-order valence-electron chi connectivity index (χ2n) is 6.30. The van der Waals surface area contributed by atoms with Crippen molar-refractivity contribution in [2.75, 3.05) is 0 Å². The molecule has 2 aliphatic carbocycles. The van der Waals surface area contributed by atoms with E-state index in [1.54, 1.807) is 6.07 Å². The van der Waals surface area contributed by atoms with Crippen LogP contribution in [0.25, 0.3) is 0 Å². The van der Waals surface area contributed by atoms with Crippen LogP contribution in [0.1, 0.15) is 37.9 Å². The molecule has 3 fully saturated rings. The first-order valence-corrected chi connectivity index (χ1v) is 7.07. The molecule has 3 atom stereocenters. The van der Waals surface area contributed by atoms with Crippen LogP contribution in [0, 0.1) is 17.6 Å². The fourth-order valence-electron chi connectivity index (χ4n) is 3.20. The second kappa shape index (κ2) is 3.79. The van der Waals surface area contributed by atoms with Gasteiger partial charge in [-0.25, -0.2) is 8.78 Å². The van der Waals surface area contributed by atoms with E-state index in [9.17, 15) is 13.6 Å². The molecule has 1 N–H and O–H groups in total. The third kappa shape index (κ3) is 1.62. The SMILES string of the molecule is CC1CC1N1C(=O)C2(CC2)NC1c1ccc(F)c(F)c1. The maximum atomic E-state index is 13.5. The van der Waals surface area contributed by atoms with Gasteiger partial charge in [0.15, 0.2) is 11.6 Å². The van der Waals surface area contributed by atoms with Crippen molar-refractivity contribution >= 4 is 5.91 Å². The highest BCUT2D eigenvalue weighted by Crippen LogP contribution is 2.51. The average molecular weight is 278 g/mol. The van der Waals surface area contributed by atoms with Gasteiger partial charge in [-0.2, -0.15) is 0 Å². The molecule has 0 radical (unpaired) electrons. The quantitative estimate of drug-likeness (QED) is 0.900. The Morgan fingerprint density at radius 1 is 1.30 bits per heavy atom. The highest BCUT2D eigenvalue weighted by atomic mass is 19.2. The molecule has 1 aliphatic heterocycles. The van der Waals surface area contributed by atoms with E-state index in [2.05, 4.69) is 12.2 Å². The van der Waals surface area contributed by atoms with Gasteiger partial charge >= 0.3 is 0 Å². The molecule has 1 spiro atoms. The molecule has 20 heavy (non-hydrogen) atoms. The van der Waals surface area contributed by atoms with Crippen LogP contribution in [0.2, 0.25) is 0 Å². The van der Waals surface area contributed by atoms with Gasteiger partial charge in [-0.15, -0.1) is 0 Å². The topological polar surface area (TPSA) is 32.3 Å². The second-order valence-corrected chi connectivity index (χ2v) is 6.30. The van der Waals surface area contributed by atoms with E-state index in [4.69, 9.17) is 0 Å². The van der Waals surface area contributed by atoms with Gasteiger partial charge in [0, 0.05) is 6.04 Å². The first-order chi connectivity index (χ1) is 9.52. The molecule has 106 valence electrons. The van der Waals surface area contributed by atoms with Crippen LogP contribution in [-0.2, 0) is 4.79 Å². The number of benzene rings is 1. The molecule has 1 aromatic carbocycles. The summed E-state index contributed by atoms with van der Waals surface area (Å²) in [5, 5.41) is 3.33. The number of halogens is 2. The van der Waals surface area contributed by atoms with Crippen molar-refractivity contribution < 1.29 is 13.6 Å². The van der Waals surface area contributed by atoms with E-state index in [-0.39, 0.29) is 18.1 Å². The van der Waals surface area contributed by atoms with Gasteiger partial charge in [-0.1, -0.05) is 13.0 Å². The first-order valence-electron chi connectivity index (χ1n) is 7.07. The van der Waals surface area contributed by atoms with Gasteiger partial charge in [0.05, 0.1) is 0 Å². The summed E-state index contributed by atoms with van der Waals surface area (Å²) in [6.45, 7) is 2.11. The minimum atomic E-state index is -0.864. The molecule has 3 unspecified atom stereocenters. The molecule has 0 aromatic heterocycles. The summed E-state index contributed by atoms with van der Waals surface area (Å²) < 4.78 is 26.5. The standard InChI is InChI=1S/C15H16F2N2O/c1-8-6-12(8)19-13(18-15(4-5-15)14(19)20)9-2-3-10(16)11(17)7-9/h2-3,7-8,12-13,18H,4-6H2,1H3. The lowest BCUT2D eigenvalue weighted by atomic mass is 10.1. The van der Waals surface area contributed by atoms with Gasteiger partial charge in [0.2, 0.25) is 5.91 Å². The van der Waals surface area contributed by atoms with Crippen LogP contribution in [0.4, 0.5) is 8.78 Å². The zero-order valence-electron chi connectivity index (χ0n) is 11.2. The lowest BCUT2D eigenvalue weighted by Crippen LogP contribution is -2.34. The number of nitrogens with one attached hydrogen (secondary N) is 1. The highest BCUT2D eigenvalue weighted by molar-refractivity contribution is 5.92. The van der Waals surface area contributed by atoms with E-state index in [0.29, 0.717) is 11.5 Å². The fourth-order valence-corrected chi connectivity index (χ4v) is 3.20. The summed E-state index contributed by atoms with van der Waals surface area (Å²) in [6, 6.07) is 4.11. The van der Waals surface area contributed by atoms with Gasteiger partial charge < -0.3 is 4.90 Å². The predicted molar refractivity (Wildman–Crippen MR) is 68.6 cm³/mol. The van der Waals surface area contributed by atoms with Crippen LogP contribution < -0.4 is 5.32 Å². The summed E-state index contributed by atoms with van der Waals surface area (Å²) in [5.74, 6) is -1.10. The van der Waals surface area contributed by atoms with E-state index in [1.165, 1.54) is 6.07 Å². The molecule has 3 nitrogen and oxygen atoms in total. The zero-order chi connectivity index (χ0) is 14.1. The highest BCUT2D eigenvalue weighted by Gasteiger charge is 2.62. The Morgan fingerprint density at radius 3 is 2.55 bits per heavy atom. The van der Waals surface area contributed by atoms with Gasteiger partial charge in [0.1, 0.15) is 11.7 Å². The van der Waals surface area contributed by atoms with Crippen molar-refractivity contribution in [1.29, 1.82) is 0 Å². The minimum Gasteiger partial charge on any atom is -0.318 e. The number of hydrogen-bond acceptors (Lipinski definition) is 2. The number of nitrogens with zero attached hydrogens (tertiary/aromatic N) is 1. The van der Waals surface area contributed by atoms with Crippen molar-refractivity contribution in [2.24, 2.45) is 5.92 Å². The monoisotopic (exact) mass is 278 g/mol. The first kappa shape index (κ1) is 12.3. The molecule has 1 saturated heterocycles. The van der Waals surface area contributed by atoms with Crippen molar-refractivity contribution in [2.45, 2.75) is 43.9 Å². The van der Waals surface area contributed by atoms with E-state index < -0.39 is 17.2 Å². The van der Waals surface area contributed by atoms with Crippen molar-refractivity contribution in [1.82, 2.24) is 10.2 Å². The van der Waals surface area contributed by atoms with Crippen LogP contribution in [0.15, 0.2) is 18.2 Å². The molecular formula is C15H16F2N2O. The van der Waals surface area contributed by atoms with E-state index in [0.717, 1.165) is 25.3 Å². The Labute approximate surface area is 116 Å². The third-order valence-corrected chi connectivity index (χ3v) is 4.77. The number of hydrogen-bond donors (Lipinski definition) is 1. The van der Waals surface area contributed by atoms with Gasteiger partial charge in [0.25, 0.3) is 0 Å². The molecule has 0 bridgehead atoms. The average Bonchev–Trinajstić information content (AvgIpc) is 3.30. The summed E-state index contributed by atoms with van der Waals surface area (Å²) in [7, 11) is 0. The Balaban J connectivity index is 1.71. The largest absolute Gasteiger partial charge is 0.318 e. The Hall–Kier alpha value is -1.49. The maximum Gasteiger partial charge on any atom is 0.244 e. The maximum absolute atomic E-state index is 13.5. The van der Waals surface area contributed by atoms with Gasteiger partial charge in [-0.3, -0.25) is 10.1 Å². The minimum absolute atomic E-state index is 0.126. The van der Waals surface area contributed by atoms with Crippen LogP contribution in [0.5, 0.6) is 0 Å². The van der Waals surface area contributed by atoms with E-state index >= 15 is 0 Å². The summed E-state index contributed by atoms with van der Waals surface area (Å²) in [6.07, 6.45) is 2.34. The number of carbonyl (C=O) groups is 1. The molecule has 1 heterocycles. The number of carbonyl (C=O) groups excluding carboxylic acids is 1. The molecular weight excluding hydrogens is 262 g/mol.